The highest BCUT2D eigenvalue weighted by molar-refractivity contribution is 5.92. The summed E-state index contributed by atoms with van der Waals surface area (Å²) in [5, 5.41) is 18.3. The summed E-state index contributed by atoms with van der Waals surface area (Å²) < 4.78 is 10.6. The quantitative estimate of drug-likeness (QED) is 0.833. The zero-order valence-corrected chi connectivity index (χ0v) is 11.8. The fourth-order valence-corrected chi connectivity index (χ4v) is 2.42. The maximum Gasteiger partial charge on any atom is 0.339 e. The lowest BCUT2D eigenvalue weighted by Crippen LogP contribution is -2.43. The molecule has 110 valence electrons. The molecule has 1 saturated carbocycles. The van der Waals surface area contributed by atoms with Crippen LogP contribution in [0.25, 0.3) is 0 Å². The summed E-state index contributed by atoms with van der Waals surface area (Å²) in [7, 11) is 1.34. The van der Waals surface area contributed by atoms with E-state index in [-0.39, 0.29) is 34.1 Å². The first kappa shape index (κ1) is 14.9. The van der Waals surface area contributed by atoms with Crippen LogP contribution in [0, 0.1) is 16.7 Å². The second-order valence-electron chi connectivity index (χ2n) is 5.39. The zero-order chi connectivity index (χ0) is 15.6. The number of hydrogen-bond acceptors (Lipinski definition) is 5. The number of rotatable bonds is 5. The standard InChI is InChI=1S/C15H15NO5/c1-15(8-17)5-10(6-15)21-12-4-11(14(18)19)13(20-2)3-9(12)7-16/h3-4,8,10H,5-6H2,1-2H3,(H,18,19). The number of carbonyl (C=O) groups is 2. The molecule has 0 amide bonds. The first-order valence-electron chi connectivity index (χ1n) is 6.41. The van der Waals surface area contributed by atoms with Gasteiger partial charge in [-0.15, -0.1) is 0 Å². The SMILES string of the molecule is COc1cc(C#N)c(OC2CC(C)(C=O)C2)cc1C(=O)O. The molecule has 0 aromatic heterocycles. The molecule has 1 aromatic rings. The minimum Gasteiger partial charge on any atom is -0.496 e. The van der Waals surface area contributed by atoms with Crippen LogP contribution in [-0.2, 0) is 4.79 Å². The number of carbonyl (C=O) groups excluding carboxylic acids is 1. The highest BCUT2D eigenvalue weighted by Crippen LogP contribution is 2.42. The Kier molecular flexibility index (Phi) is 3.85. The van der Waals surface area contributed by atoms with Gasteiger partial charge in [0.15, 0.2) is 0 Å². The number of ether oxygens (including phenoxy) is 2. The van der Waals surface area contributed by atoms with E-state index in [1.165, 1.54) is 19.2 Å². The second-order valence-corrected chi connectivity index (χ2v) is 5.39. The Hall–Kier alpha value is -2.55. The van der Waals surface area contributed by atoms with Gasteiger partial charge in [0.25, 0.3) is 0 Å². The number of aldehydes is 1. The second kappa shape index (κ2) is 5.44. The molecule has 1 aliphatic rings. The number of nitrogens with zero attached hydrogens (tertiary/aromatic N) is 1. The molecule has 0 saturated heterocycles. The van der Waals surface area contributed by atoms with Crippen LogP contribution in [0.4, 0.5) is 0 Å². The average molecular weight is 289 g/mol. The fourth-order valence-electron chi connectivity index (χ4n) is 2.42. The van der Waals surface area contributed by atoms with Crippen LogP contribution >= 0.6 is 0 Å². The molecule has 0 atom stereocenters. The van der Waals surface area contributed by atoms with Gasteiger partial charge in [0.2, 0.25) is 0 Å². The lowest BCUT2D eigenvalue weighted by atomic mass is 9.69. The summed E-state index contributed by atoms with van der Waals surface area (Å²) in [5.41, 5.74) is -0.250. The van der Waals surface area contributed by atoms with Crippen LogP contribution in [0.5, 0.6) is 11.5 Å². The molecule has 1 N–H and O–H groups in total. The summed E-state index contributed by atoms with van der Waals surface area (Å²) in [6.45, 7) is 1.84. The summed E-state index contributed by atoms with van der Waals surface area (Å²) >= 11 is 0. The van der Waals surface area contributed by atoms with Crippen LogP contribution in [0.15, 0.2) is 12.1 Å². The molecule has 0 spiro atoms. The van der Waals surface area contributed by atoms with E-state index in [0.717, 1.165) is 6.29 Å². The van der Waals surface area contributed by atoms with Crippen molar-refractivity contribution < 1.29 is 24.2 Å². The first-order chi connectivity index (χ1) is 9.92. The average Bonchev–Trinajstić information content (AvgIpc) is 2.44. The van der Waals surface area contributed by atoms with Crippen molar-refractivity contribution in [2.45, 2.75) is 25.9 Å². The predicted molar refractivity (Wildman–Crippen MR) is 72.5 cm³/mol. The number of aromatic carboxylic acids is 1. The van der Waals surface area contributed by atoms with Gasteiger partial charge < -0.3 is 19.4 Å². The Bertz CT molecular complexity index is 626. The van der Waals surface area contributed by atoms with Crippen molar-refractivity contribution in [2.75, 3.05) is 7.11 Å². The van der Waals surface area contributed by atoms with Crippen molar-refractivity contribution in [3.63, 3.8) is 0 Å². The van der Waals surface area contributed by atoms with E-state index in [2.05, 4.69) is 0 Å². The van der Waals surface area contributed by atoms with Crippen molar-refractivity contribution in [3.05, 3.63) is 23.3 Å². The number of hydrogen-bond donors (Lipinski definition) is 1. The van der Waals surface area contributed by atoms with Crippen LogP contribution in [0.3, 0.4) is 0 Å². The lowest BCUT2D eigenvalue weighted by molar-refractivity contribution is -0.124. The zero-order valence-electron chi connectivity index (χ0n) is 11.8. The molecule has 0 heterocycles. The third-order valence-electron chi connectivity index (χ3n) is 3.62. The van der Waals surface area contributed by atoms with E-state index < -0.39 is 5.97 Å². The highest BCUT2D eigenvalue weighted by Gasteiger charge is 2.42. The van der Waals surface area contributed by atoms with Gasteiger partial charge in [-0.1, -0.05) is 6.92 Å². The van der Waals surface area contributed by atoms with Gasteiger partial charge in [-0.25, -0.2) is 4.79 Å². The van der Waals surface area contributed by atoms with Gasteiger partial charge in [-0.2, -0.15) is 5.26 Å². The molecule has 6 nitrogen and oxygen atoms in total. The molecule has 1 aliphatic carbocycles. The van der Waals surface area contributed by atoms with Crippen molar-refractivity contribution in [2.24, 2.45) is 5.41 Å². The number of nitriles is 1. The summed E-state index contributed by atoms with van der Waals surface area (Å²) in [6.07, 6.45) is 1.81. The van der Waals surface area contributed by atoms with Crippen LogP contribution in [0.1, 0.15) is 35.7 Å². The van der Waals surface area contributed by atoms with Crippen LogP contribution in [-0.4, -0.2) is 30.6 Å². The van der Waals surface area contributed by atoms with Gasteiger partial charge >= 0.3 is 5.97 Å². The highest BCUT2D eigenvalue weighted by atomic mass is 16.5. The lowest BCUT2D eigenvalue weighted by Gasteiger charge is -2.40. The normalized spacial score (nSPS) is 23.6. The number of methoxy groups -OCH3 is 1. The molecule has 0 radical (unpaired) electrons. The maximum atomic E-state index is 11.2. The Morgan fingerprint density at radius 1 is 1.48 bits per heavy atom. The fraction of sp³-hybridized carbons (Fsp3) is 0.400. The van der Waals surface area contributed by atoms with Gasteiger partial charge in [0, 0.05) is 11.5 Å². The molecular weight excluding hydrogens is 274 g/mol. The van der Waals surface area contributed by atoms with E-state index in [0.29, 0.717) is 12.8 Å². The number of carboxylic acid groups (broad SMARTS) is 1. The number of benzene rings is 1. The number of carboxylic acids is 1. The Morgan fingerprint density at radius 3 is 2.62 bits per heavy atom. The van der Waals surface area contributed by atoms with Gasteiger partial charge in [-0.05, 0) is 18.9 Å². The predicted octanol–water partition coefficient (Wildman–Crippen LogP) is 2.01. The molecule has 1 aromatic carbocycles. The van der Waals surface area contributed by atoms with Crippen molar-refractivity contribution in [1.82, 2.24) is 0 Å². The monoisotopic (exact) mass is 289 g/mol. The van der Waals surface area contributed by atoms with Crippen molar-refractivity contribution >= 4 is 12.3 Å². The minimum absolute atomic E-state index is 0.0658. The van der Waals surface area contributed by atoms with E-state index >= 15 is 0 Å². The third kappa shape index (κ3) is 2.82. The molecule has 1 fully saturated rings. The largest absolute Gasteiger partial charge is 0.496 e. The minimum atomic E-state index is -1.16. The molecule has 2 rings (SSSR count). The van der Waals surface area contributed by atoms with Crippen molar-refractivity contribution in [1.29, 1.82) is 5.26 Å². The summed E-state index contributed by atoms with van der Waals surface area (Å²) in [6, 6.07) is 4.59. The van der Waals surface area contributed by atoms with Crippen molar-refractivity contribution in [3.8, 4) is 17.6 Å². The molecule has 0 unspecified atom stereocenters. The Morgan fingerprint density at radius 2 is 2.14 bits per heavy atom. The summed E-state index contributed by atoms with van der Waals surface area (Å²) in [4.78, 5) is 22.0. The molecule has 6 heteroatoms. The van der Waals surface area contributed by atoms with Gasteiger partial charge in [0.1, 0.15) is 35.5 Å². The maximum absolute atomic E-state index is 11.2. The Balaban J connectivity index is 2.27. The van der Waals surface area contributed by atoms with E-state index in [1.807, 2.05) is 13.0 Å². The van der Waals surface area contributed by atoms with Gasteiger partial charge in [0.05, 0.1) is 12.7 Å². The van der Waals surface area contributed by atoms with Crippen LogP contribution < -0.4 is 9.47 Å². The van der Waals surface area contributed by atoms with E-state index in [1.54, 1.807) is 0 Å². The third-order valence-corrected chi connectivity index (χ3v) is 3.62. The smallest absolute Gasteiger partial charge is 0.339 e. The molecule has 0 aliphatic heterocycles. The molecular formula is C15H15NO5. The van der Waals surface area contributed by atoms with Gasteiger partial charge in [-0.3, -0.25) is 0 Å². The van der Waals surface area contributed by atoms with Crippen LogP contribution in [0.2, 0.25) is 0 Å². The molecule has 21 heavy (non-hydrogen) atoms. The summed E-state index contributed by atoms with van der Waals surface area (Å²) in [5.74, 6) is -0.848. The van der Waals surface area contributed by atoms with E-state index in [4.69, 9.17) is 19.8 Å². The first-order valence-corrected chi connectivity index (χ1v) is 6.41. The van der Waals surface area contributed by atoms with E-state index in [9.17, 15) is 9.59 Å². The Labute approximate surface area is 121 Å². The molecule has 0 bridgehead atoms. The topological polar surface area (TPSA) is 96.6 Å².